The Balaban J connectivity index is 1.54. The first-order valence-corrected chi connectivity index (χ1v) is 9.80. The largest absolute Gasteiger partial charge is 0.356 e. The molecule has 2 fully saturated rings. The number of carbonyl (C=O) groups excluding carboxylic acids is 2. The number of amides is 2. The van der Waals surface area contributed by atoms with E-state index in [1.807, 2.05) is 35.2 Å². The molecular formula is C23H26N2O2. The molecule has 140 valence electrons. The van der Waals surface area contributed by atoms with Crippen molar-refractivity contribution in [2.24, 2.45) is 11.8 Å². The molecular weight excluding hydrogens is 336 g/mol. The van der Waals surface area contributed by atoms with Gasteiger partial charge in [-0.2, -0.15) is 0 Å². The van der Waals surface area contributed by atoms with Crippen LogP contribution in [0.25, 0.3) is 0 Å². The second kappa shape index (κ2) is 7.55. The Bertz CT molecular complexity index is 812. The van der Waals surface area contributed by atoms with Crippen molar-refractivity contribution in [3.05, 3.63) is 71.3 Å². The first-order valence-electron chi connectivity index (χ1n) is 9.80. The summed E-state index contributed by atoms with van der Waals surface area (Å²) in [7, 11) is 0. The molecule has 1 saturated heterocycles. The zero-order valence-corrected chi connectivity index (χ0v) is 15.7. The molecule has 2 aromatic carbocycles. The highest BCUT2D eigenvalue weighted by molar-refractivity contribution is 5.95. The van der Waals surface area contributed by atoms with E-state index in [0.29, 0.717) is 24.6 Å². The number of rotatable bonds is 5. The van der Waals surface area contributed by atoms with Crippen LogP contribution in [-0.4, -0.2) is 36.3 Å². The van der Waals surface area contributed by atoms with Crippen LogP contribution in [0.5, 0.6) is 0 Å². The van der Waals surface area contributed by atoms with Gasteiger partial charge in [0.2, 0.25) is 5.91 Å². The highest BCUT2D eigenvalue weighted by Gasteiger charge is 2.40. The summed E-state index contributed by atoms with van der Waals surface area (Å²) in [4.78, 5) is 27.6. The van der Waals surface area contributed by atoms with Gasteiger partial charge in [0.25, 0.3) is 5.91 Å². The fraction of sp³-hybridized carbons (Fsp3) is 0.391. The number of nitrogens with one attached hydrogen (secondary N) is 1. The number of aryl methyl sites for hydroxylation is 1. The molecule has 2 aliphatic rings. The molecule has 27 heavy (non-hydrogen) atoms. The average molecular weight is 362 g/mol. The Labute approximate surface area is 160 Å². The van der Waals surface area contributed by atoms with Crippen LogP contribution in [0, 0.1) is 18.8 Å². The Morgan fingerprint density at radius 3 is 2.37 bits per heavy atom. The molecule has 1 N–H and O–H groups in total. The molecule has 1 aliphatic heterocycles. The molecule has 2 aromatic rings. The van der Waals surface area contributed by atoms with Crippen molar-refractivity contribution in [2.45, 2.75) is 25.7 Å². The topological polar surface area (TPSA) is 49.4 Å². The minimum Gasteiger partial charge on any atom is -0.356 e. The molecule has 0 spiro atoms. The van der Waals surface area contributed by atoms with E-state index in [1.54, 1.807) is 0 Å². The van der Waals surface area contributed by atoms with E-state index in [9.17, 15) is 9.59 Å². The number of carbonyl (C=O) groups is 2. The van der Waals surface area contributed by atoms with Gasteiger partial charge in [0.15, 0.2) is 0 Å². The zero-order chi connectivity index (χ0) is 18.8. The second-order valence-electron chi connectivity index (χ2n) is 7.89. The Hall–Kier alpha value is -2.62. The summed E-state index contributed by atoms with van der Waals surface area (Å²) in [6.07, 6.45) is 2.43. The summed E-state index contributed by atoms with van der Waals surface area (Å²) < 4.78 is 0. The number of nitrogens with zero attached hydrogens (tertiary/aromatic N) is 1. The summed E-state index contributed by atoms with van der Waals surface area (Å²) in [5.74, 6) is 0.577. The van der Waals surface area contributed by atoms with Crippen molar-refractivity contribution in [2.75, 3.05) is 19.6 Å². The lowest BCUT2D eigenvalue weighted by Crippen LogP contribution is -2.36. The molecule has 0 unspecified atom stereocenters. The third-order valence-electron chi connectivity index (χ3n) is 5.73. The maximum Gasteiger partial charge on any atom is 0.253 e. The van der Waals surface area contributed by atoms with Gasteiger partial charge in [0.1, 0.15) is 0 Å². The minimum atomic E-state index is -0.195. The highest BCUT2D eigenvalue weighted by atomic mass is 16.2. The van der Waals surface area contributed by atoms with Gasteiger partial charge in [-0.3, -0.25) is 9.59 Å². The predicted octanol–water partition coefficient (Wildman–Crippen LogP) is 3.38. The van der Waals surface area contributed by atoms with Crippen LogP contribution >= 0.6 is 0 Å². The van der Waals surface area contributed by atoms with Crippen LogP contribution in [0.1, 0.15) is 40.2 Å². The molecule has 0 radical (unpaired) electrons. The minimum absolute atomic E-state index is 0.00482. The molecule has 0 aromatic heterocycles. The van der Waals surface area contributed by atoms with Gasteiger partial charge in [-0.25, -0.2) is 0 Å². The van der Waals surface area contributed by atoms with Crippen LogP contribution < -0.4 is 5.32 Å². The fourth-order valence-corrected chi connectivity index (χ4v) is 3.85. The van der Waals surface area contributed by atoms with Gasteiger partial charge >= 0.3 is 0 Å². The molecule has 1 heterocycles. The second-order valence-corrected chi connectivity index (χ2v) is 7.89. The van der Waals surface area contributed by atoms with E-state index in [0.717, 1.165) is 12.1 Å². The van der Waals surface area contributed by atoms with E-state index < -0.39 is 0 Å². The van der Waals surface area contributed by atoms with Gasteiger partial charge in [-0.05, 0) is 43.4 Å². The number of hydrogen-bond donors (Lipinski definition) is 1. The molecule has 4 nitrogen and oxygen atoms in total. The monoisotopic (exact) mass is 362 g/mol. The normalized spacial score (nSPS) is 21.9. The Morgan fingerprint density at radius 1 is 1.00 bits per heavy atom. The first kappa shape index (κ1) is 17.8. The summed E-state index contributed by atoms with van der Waals surface area (Å²) in [6.45, 7) is 3.88. The van der Waals surface area contributed by atoms with Crippen molar-refractivity contribution < 1.29 is 9.59 Å². The van der Waals surface area contributed by atoms with Gasteiger partial charge in [0, 0.05) is 31.1 Å². The van der Waals surface area contributed by atoms with Gasteiger partial charge in [0.05, 0.1) is 5.92 Å². The summed E-state index contributed by atoms with van der Waals surface area (Å²) in [6, 6.07) is 17.7. The lowest BCUT2D eigenvalue weighted by molar-refractivity contribution is -0.125. The zero-order valence-electron chi connectivity index (χ0n) is 15.7. The third kappa shape index (κ3) is 4.05. The fourth-order valence-electron chi connectivity index (χ4n) is 3.85. The number of benzene rings is 2. The Kier molecular flexibility index (Phi) is 4.97. The smallest absolute Gasteiger partial charge is 0.253 e. The molecule has 4 heteroatoms. The summed E-state index contributed by atoms with van der Waals surface area (Å²) in [5.41, 5.74) is 3.01. The van der Waals surface area contributed by atoms with E-state index >= 15 is 0 Å². The lowest BCUT2D eigenvalue weighted by Gasteiger charge is -2.18. The van der Waals surface area contributed by atoms with Gasteiger partial charge < -0.3 is 10.2 Å². The summed E-state index contributed by atoms with van der Waals surface area (Å²) >= 11 is 0. The van der Waals surface area contributed by atoms with Crippen LogP contribution in [0.4, 0.5) is 0 Å². The molecule has 4 rings (SSSR count). The summed E-state index contributed by atoms with van der Waals surface area (Å²) in [5, 5.41) is 3.12. The molecule has 1 saturated carbocycles. The van der Waals surface area contributed by atoms with Crippen LogP contribution in [0.15, 0.2) is 54.6 Å². The standard InChI is InChI=1S/C23H26N2O2/c1-16-7-11-18(12-8-16)20-14-25(23(27)19-5-3-2-4-6-19)15-21(20)22(26)24-13-17-9-10-17/h2-8,11-12,17,20-21H,9-10,13-15H2,1H3,(H,24,26)/t20-,21+/m1/s1. The molecule has 0 bridgehead atoms. The van der Waals surface area contributed by atoms with Crippen LogP contribution in [-0.2, 0) is 4.79 Å². The number of likely N-dealkylation sites (tertiary alicyclic amines) is 1. The van der Waals surface area contributed by atoms with Crippen molar-refractivity contribution in [3.63, 3.8) is 0 Å². The van der Waals surface area contributed by atoms with Crippen molar-refractivity contribution >= 4 is 11.8 Å². The van der Waals surface area contributed by atoms with E-state index in [1.165, 1.54) is 18.4 Å². The SMILES string of the molecule is Cc1ccc([C@H]2CN(C(=O)c3ccccc3)C[C@@H]2C(=O)NCC2CC2)cc1. The average Bonchev–Trinajstić information content (AvgIpc) is 3.43. The van der Waals surface area contributed by atoms with E-state index in [2.05, 4.69) is 36.5 Å². The third-order valence-corrected chi connectivity index (χ3v) is 5.73. The number of hydrogen-bond acceptors (Lipinski definition) is 2. The van der Waals surface area contributed by atoms with Gasteiger partial charge in [-0.1, -0.05) is 48.0 Å². The van der Waals surface area contributed by atoms with E-state index in [-0.39, 0.29) is 23.7 Å². The molecule has 2 atom stereocenters. The maximum atomic E-state index is 12.9. The van der Waals surface area contributed by atoms with Gasteiger partial charge in [-0.15, -0.1) is 0 Å². The van der Waals surface area contributed by atoms with Crippen LogP contribution in [0.2, 0.25) is 0 Å². The lowest BCUT2D eigenvalue weighted by atomic mass is 9.88. The Morgan fingerprint density at radius 2 is 1.70 bits per heavy atom. The first-order chi connectivity index (χ1) is 13.1. The van der Waals surface area contributed by atoms with Crippen molar-refractivity contribution in [3.8, 4) is 0 Å². The van der Waals surface area contributed by atoms with E-state index in [4.69, 9.17) is 0 Å². The quantitative estimate of drug-likeness (QED) is 0.886. The van der Waals surface area contributed by atoms with Crippen molar-refractivity contribution in [1.29, 1.82) is 0 Å². The van der Waals surface area contributed by atoms with Crippen LogP contribution in [0.3, 0.4) is 0 Å². The molecule has 2 amide bonds. The maximum absolute atomic E-state index is 12.9. The predicted molar refractivity (Wildman–Crippen MR) is 105 cm³/mol. The van der Waals surface area contributed by atoms with Crippen molar-refractivity contribution in [1.82, 2.24) is 10.2 Å². The molecule has 1 aliphatic carbocycles. The highest BCUT2D eigenvalue weighted by Crippen LogP contribution is 2.34.